The Morgan fingerprint density at radius 2 is 2.03 bits per heavy atom. The van der Waals surface area contributed by atoms with E-state index in [1.807, 2.05) is 4.90 Å². The Bertz CT molecular complexity index is 1200. The summed E-state index contributed by atoms with van der Waals surface area (Å²) in [5.74, 6) is -1.67. The maximum absolute atomic E-state index is 13.5. The number of aliphatic hydroxyl groups is 1. The Morgan fingerprint density at radius 3 is 2.68 bits per heavy atom. The predicted molar refractivity (Wildman–Crippen MR) is 135 cm³/mol. The summed E-state index contributed by atoms with van der Waals surface area (Å²) in [5.41, 5.74) is 1.21. The van der Waals surface area contributed by atoms with Crippen molar-refractivity contribution >= 4 is 28.1 Å². The lowest BCUT2D eigenvalue weighted by Crippen LogP contribution is -2.42. The molecule has 38 heavy (non-hydrogen) atoms. The van der Waals surface area contributed by atoms with Gasteiger partial charge in [-0.15, -0.1) is 13.2 Å². The number of benzene rings is 2. The second-order valence-corrected chi connectivity index (χ2v) is 11.4. The van der Waals surface area contributed by atoms with Gasteiger partial charge in [-0.1, -0.05) is 18.2 Å². The number of hydrogen-bond acceptors (Lipinski definition) is 7. The molecule has 2 heterocycles. The molecule has 2 aromatic carbocycles. The van der Waals surface area contributed by atoms with Gasteiger partial charge in [0.15, 0.2) is 0 Å². The molecule has 13 heteroatoms. The number of nitrogens with zero attached hydrogens (tertiary/aromatic N) is 2. The summed E-state index contributed by atoms with van der Waals surface area (Å²) in [4.78, 5) is 29.1. The summed E-state index contributed by atoms with van der Waals surface area (Å²) in [7, 11) is -3.27. The standard InChI is InChI=1S/C25H30F3N3O6S/c1-2-31(24(34)11-16-6-7-22-20(10-16)29-23(33)15-38(22,35)36)21(14-30-9-8-18(32)13-30)17-4-3-5-19(12-17)37-25(26,27)28/h3-7,10,12,18,21,32,35-36H,2,8-9,11,13-15H2,1H3,(H,29,33)/t18-,21+/m0/s1. The van der Waals surface area contributed by atoms with Crippen LogP contribution in [-0.4, -0.2) is 80.2 Å². The molecule has 0 unspecified atom stereocenters. The number of anilines is 1. The van der Waals surface area contributed by atoms with Crippen LogP contribution in [0, 0.1) is 0 Å². The SMILES string of the molecule is CCN(C(=O)Cc1ccc2c(c1)NC(=O)CS2(O)O)[C@H](CN1CC[C@H](O)C1)c1cccc(OC(F)(F)F)c1. The number of ether oxygens (including phenoxy) is 1. The van der Waals surface area contributed by atoms with E-state index in [-0.39, 0.29) is 29.5 Å². The van der Waals surface area contributed by atoms with Crippen LogP contribution >= 0.6 is 10.6 Å². The quantitative estimate of drug-likeness (QED) is 0.389. The van der Waals surface area contributed by atoms with Gasteiger partial charge in [-0.3, -0.25) is 23.6 Å². The first-order chi connectivity index (χ1) is 17.8. The van der Waals surface area contributed by atoms with Crippen molar-refractivity contribution in [3.63, 3.8) is 0 Å². The first kappa shape index (κ1) is 28.2. The summed E-state index contributed by atoms with van der Waals surface area (Å²) in [5, 5.41) is 12.6. The van der Waals surface area contributed by atoms with Crippen LogP contribution in [0.15, 0.2) is 47.4 Å². The fourth-order valence-electron chi connectivity index (χ4n) is 4.89. The molecule has 9 nitrogen and oxygen atoms in total. The zero-order chi connectivity index (χ0) is 27.7. The largest absolute Gasteiger partial charge is 0.573 e. The third-order valence-corrected chi connectivity index (χ3v) is 8.28. The minimum Gasteiger partial charge on any atom is -0.406 e. The van der Waals surface area contributed by atoms with Crippen LogP contribution in [0.2, 0.25) is 0 Å². The van der Waals surface area contributed by atoms with Crippen LogP contribution in [0.3, 0.4) is 0 Å². The number of fused-ring (bicyclic) bond motifs is 1. The van der Waals surface area contributed by atoms with E-state index in [0.717, 1.165) is 0 Å². The maximum Gasteiger partial charge on any atom is 0.573 e. The average Bonchev–Trinajstić information content (AvgIpc) is 3.21. The molecule has 2 atom stereocenters. The van der Waals surface area contributed by atoms with Crippen LogP contribution in [-0.2, 0) is 16.0 Å². The number of β-amino-alcohol motifs (C(OH)–C–C–N with tert-alkyl or cyclic N) is 1. The molecule has 0 aromatic heterocycles. The van der Waals surface area contributed by atoms with Crippen LogP contribution in [0.5, 0.6) is 5.75 Å². The number of likely N-dealkylation sites (N-methyl/N-ethyl adjacent to an activating group) is 1. The predicted octanol–water partition coefficient (Wildman–Crippen LogP) is 3.85. The van der Waals surface area contributed by atoms with E-state index < -0.39 is 46.5 Å². The fourth-order valence-corrected chi connectivity index (χ4v) is 6.23. The lowest BCUT2D eigenvalue weighted by molar-refractivity contribution is -0.274. The molecule has 0 saturated carbocycles. The highest BCUT2D eigenvalue weighted by molar-refractivity contribution is 8.25. The number of hydrogen-bond donors (Lipinski definition) is 4. The first-order valence-electron chi connectivity index (χ1n) is 12.1. The van der Waals surface area contributed by atoms with Gasteiger partial charge in [0.25, 0.3) is 0 Å². The van der Waals surface area contributed by atoms with Gasteiger partial charge in [0.1, 0.15) is 11.5 Å². The fraction of sp³-hybridized carbons (Fsp3) is 0.440. The summed E-state index contributed by atoms with van der Waals surface area (Å²) in [6.07, 6.45) is -4.91. The summed E-state index contributed by atoms with van der Waals surface area (Å²) < 4.78 is 63.1. The van der Waals surface area contributed by atoms with Crippen molar-refractivity contribution in [3.05, 3.63) is 53.6 Å². The lowest BCUT2D eigenvalue weighted by atomic mass is 10.0. The van der Waals surface area contributed by atoms with Crippen molar-refractivity contribution in [2.75, 3.05) is 37.2 Å². The van der Waals surface area contributed by atoms with Gasteiger partial charge in [0, 0.05) is 26.2 Å². The molecule has 0 bridgehead atoms. The Kier molecular flexibility index (Phi) is 8.23. The highest BCUT2D eigenvalue weighted by atomic mass is 32.3. The number of rotatable bonds is 8. The Hall–Kier alpha value is -2.84. The summed E-state index contributed by atoms with van der Waals surface area (Å²) in [6.45, 7) is 3.29. The molecular weight excluding hydrogens is 527 g/mol. The first-order valence-corrected chi connectivity index (χ1v) is 13.8. The van der Waals surface area contributed by atoms with Crippen molar-refractivity contribution in [2.24, 2.45) is 0 Å². The van der Waals surface area contributed by atoms with Crippen LogP contribution in [0.4, 0.5) is 18.9 Å². The second kappa shape index (κ2) is 11.1. The van der Waals surface area contributed by atoms with Crippen LogP contribution < -0.4 is 10.1 Å². The highest BCUT2D eigenvalue weighted by Crippen LogP contribution is 2.53. The van der Waals surface area contributed by atoms with Crippen molar-refractivity contribution < 1.29 is 41.7 Å². The zero-order valence-corrected chi connectivity index (χ0v) is 21.5. The van der Waals surface area contributed by atoms with Gasteiger partial charge in [-0.2, -0.15) is 10.6 Å². The summed E-state index contributed by atoms with van der Waals surface area (Å²) in [6, 6.07) is 9.48. The molecule has 1 fully saturated rings. The highest BCUT2D eigenvalue weighted by Gasteiger charge is 2.34. The number of alkyl halides is 3. The Balaban J connectivity index is 1.60. The molecule has 2 amide bonds. The molecule has 2 aromatic rings. The van der Waals surface area contributed by atoms with E-state index in [1.165, 1.54) is 30.3 Å². The van der Waals surface area contributed by atoms with Crippen molar-refractivity contribution in [2.45, 2.75) is 43.2 Å². The van der Waals surface area contributed by atoms with Crippen LogP contribution in [0.25, 0.3) is 0 Å². The molecule has 0 spiro atoms. The molecule has 1 saturated heterocycles. The number of carbonyl (C=O) groups is 2. The smallest absolute Gasteiger partial charge is 0.406 e. The van der Waals surface area contributed by atoms with Gasteiger partial charge in [0.05, 0.1) is 29.1 Å². The van der Waals surface area contributed by atoms with Crippen molar-refractivity contribution in [3.8, 4) is 5.75 Å². The molecule has 4 N–H and O–H groups in total. The van der Waals surface area contributed by atoms with Crippen LogP contribution in [0.1, 0.15) is 30.5 Å². The van der Waals surface area contributed by atoms with Crippen molar-refractivity contribution in [1.29, 1.82) is 0 Å². The van der Waals surface area contributed by atoms with Gasteiger partial charge in [-0.25, -0.2) is 0 Å². The summed E-state index contributed by atoms with van der Waals surface area (Å²) >= 11 is 0. The van der Waals surface area contributed by atoms with Gasteiger partial charge < -0.3 is 20.1 Å². The number of halogens is 3. The number of amides is 2. The third-order valence-electron chi connectivity index (χ3n) is 6.55. The maximum atomic E-state index is 13.5. The van der Waals surface area contributed by atoms with E-state index in [4.69, 9.17) is 0 Å². The Labute approximate surface area is 219 Å². The number of nitrogens with one attached hydrogen (secondary N) is 1. The van der Waals surface area contributed by atoms with E-state index in [2.05, 4.69) is 10.1 Å². The van der Waals surface area contributed by atoms with Crippen molar-refractivity contribution in [1.82, 2.24) is 9.80 Å². The van der Waals surface area contributed by atoms with Gasteiger partial charge in [-0.05, 0) is 48.7 Å². The van der Waals surface area contributed by atoms with E-state index >= 15 is 0 Å². The molecule has 2 aliphatic heterocycles. The third kappa shape index (κ3) is 6.77. The molecule has 0 radical (unpaired) electrons. The molecule has 208 valence electrons. The van der Waals surface area contributed by atoms with E-state index in [1.54, 1.807) is 24.0 Å². The Morgan fingerprint density at radius 1 is 1.26 bits per heavy atom. The minimum atomic E-state index is -4.86. The number of likely N-dealkylation sites (tertiary alicyclic amines) is 1. The van der Waals surface area contributed by atoms with E-state index in [9.17, 15) is 37.0 Å². The molecule has 0 aliphatic carbocycles. The number of aliphatic hydroxyl groups excluding tert-OH is 1. The molecular formula is C25H30F3N3O6S. The normalized spacial score (nSPS) is 20.8. The number of carbonyl (C=O) groups excluding carboxylic acids is 2. The topological polar surface area (TPSA) is 123 Å². The lowest BCUT2D eigenvalue weighted by Gasteiger charge is -2.37. The molecule has 2 aliphatic rings. The monoisotopic (exact) mass is 557 g/mol. The minimum absolute atomic E-state index is 0.0892. The van der Waals surface area contributed by atoms with Gasteiger partial charge in [0.2, 0.25) is 11.8 Å². The average molecular weight is 558 g/mol. The van der Waals surface area contributed by atoms with E-state index in [0.29, 0.717) is 37.2 Å². The molecule has 4 rings (SSSR count). The second-order valence-electron chi connectivity index (χ2n) is 9.38. The van der Waals surface area contributed by atoms with Gasteiger partial charge >= 0.3 is 6.36 Å². The zero-order valence-electron chi connectivity index (χ0n) is 20.6.